The Labute approximate surface area is 848 Å². The van der Waals surface area contributed by atoms with Gasteiger partial charge in [-0.1, -0.05) is 96.0 Å². The molecule has 0 aromatic rings. The molecule has 0 N–H and O–H groups in total. The fourth-order valence-corrected chi connectivity index (χ4v) is 25.5. The van der Waals surface area contributed by atoms with Crippen molar-refractivity contribution in [1.82, 2.24) is 34.3 Å². The molecule has 9 saturated heterocycles. The molecule has 0 aromatic heterocycles. The monoisotopic (exact) mass is 1980 g/mol. The number of likely N-dealkylation sites (N-methyl/N-ethyl adjacent to an activating group) is 6. The van der Waals surface area contributed by atoms with Crippen molar-refractivity contribution >= 4 is 68.5 Å². The predicted octanol–water partition coefficient (Wildman–Crippen LogP) is 19.6. The summed E-state index contributed by atoms with van der Waals surface area (Å²) >= 11 is 0. The largest absolute Gasteiger partial charge is 0.389 e. The van der Waals surface area contributed by atoms with Gasteiger partial charge in [-0.05, 0) is 276 Å². The Morgan fingerprint density at radius 2 is 0.433 bits per heavy atom. The van der Waals surface area contributed by atoms with Crippen LogP contribution >= 0.6 is 0 Å². The Kier molecular flexibility index (Phi) is 38.9. The van der Waals surface area contributed by atoms with Crippen LogP contribution in [0.25, 0.3) is 0 Å². The lowest BCUT2D eigenvalue weighted by atomic mass is 9.82. The van der Waals surface area contributed by atoms with Gasteiger partial charge in [-0.2, -0.15) is 0 Å². The van der Waals surface area contributed by atoms with Gasteiger partial charge in [-0.3, -0.25) is 19.6 Å². The van der Waals surface area contributed by atoms with E-state index in [1.165, 1.54) is 101 Å². The van der Waals surface area contributed by atoms with Crippen LogP contribution in [0.4, 0.5) is 0 Å². The van der Waals surface area contributed by atoms with Crippen LogP contribution in [0, 0.1) is 11.8 Å². The van der Waals surface area contributed by atoms with E-state index in [0.717, 1.165) is 270 Å². The van der Waals surface area contributed by atoms with E-state index in [1.807, 2.05) is 76.2 Å². The molecule has 18 unspecified atom stereocenters. The van der Waals surface area contributed by atoms with Crippen molar-refractivity contribution in [2.24, 2.45) is 73.7 Å². The minimum absolute atomic E-state index is 0.0192. The summed E-state index contributed by atoms with van der Waals surface area (Å²) < 4.78 is 10.9. The Morgan fingerprint density at radius 1 is 0.213 bits per heavy atom. The minimum atomic E-state index is -0.0938. The summed E-state index contributed by atoms with van der Waals surface area (Å²) in [4.78, 5) is 82.0. The number of oxime groups is 12. The third-order valence-corrected chi connectivity index (χ3v) is 33.1. The maximum atomic E-state index is 5.56. The third kappa shape index (κ3) is 31.2. The lowest BCUT2D eigenvalue weighted by molar-refractivity contribution is -0.0752. The predicted molar refractivity (Wildman–Crippen MR) is 566 cm³/mol. The van der Waals surface area contributed by atoms with Crippen LogP contribution in [-0.4, -0.2) is 334 Å². The molecule has 141 heavy (non-hydrogen) atoms. The van der Waals surface area contributed by atoms with Crippen molar-refractivity contribution in [2.45, 2.75) is 481 Å². The molecule has 3 aliphatic carbocycles. The van der Waals surface area contributed by atoms with E-state index in [-0.39, 0.29) is 67.2 Å². The normalized spacial score (nSPS) is 38.5. The van der Waals surface area contributed by atoms with Crippen molar-refractivity contribution in [2.75, 3.05) is 128 Å². The lowest BCUT2D eigenvalue weighted by Crippen LogP contribution is -2.50. The summed E-state index contributed by atoms with van der Waals surface area (Å²) in [5.74, 6) is 1.66. The number of hydrogen-bond donors (Lipinski definition) is 0. The second kappa shape index (κ2) is 48.5. The van der Waals surface area contributed by atoms with Crippen LogP contribution in [-0.2, 0) is 67.5 Å². The maximum Gasteiger partial charge on any atom is 0.168 e. The number of ether oxygens (including phenoxy) is 2. The molecule has 0 bridgehead atoms. The highest BCUT2D eigenvalue weighted by Gasteiger charge is 2.54. The van der Waals surface area contributed by atoms with Crippen molar-refractivity contribution < 1.29 is 67.5 Å². The fourth-order valence-electron chi connectivity index (χ4n) is 25.5. The van der Waals surface area contributed by atoms with E-state index < -0.39 is 0 Å². The number of piperidine rings is 3. The van der Waals surface area contributed by atoms with Crippen LogP contribution in [0.15, 0.2) is 61.9 Å². The fraction of sp³-hybridized carbons (Fsp3) is 0.889. The minimum Gasteiger partial charge on any atom is -0.389 e. The molecular weight excluding hydrogens is 1790 g/mol. The van der Waals surface area contributed by atoms with Crippen molar-refractivity contribution in [3.63, 3.8) is 0 Å². The first-order valence-electron chi connectivity index (χ1n) is 54.4. The van der Waals surface area contributed by atoms with Gasteiger partial charge in [0.2, 0.25) is 0 Å². The van der Waals surface area contributed by atoms with Crippen LogP contribution in [0.2, 0.25) is 0 Å². The zero-order chi connectivity index (χ0) is 102. The van der Waals surface area contributed by atoms with Crippen LogP contribution < -0.4 is 0 Å². The van der Waals surface area contributed by atoms with Gasteiger partial charge >= 0.3 is 0 Å². The van der Waals surface area contributed by atoms with E-state index in [2.05, 4.69) is 222 Å². The summed E-state index contributed by atoms with van der Waals surface area (Å²) in [5, 5.41) is 48.2. The quantitative estimate of drug-likeness (QED) is 0.218. The molecule has 24 rings (SSSR count). The maximum absolute atomic E-state index is 5.56. The van der Waals surface area contributed by atoms with Gasteiger partial charge in [0.25, 0.3) is 0 Å². The topological polar surface area (TPSA) is 300 Å². The second-order valence-corrected chi connectivity index (χ2v) is 48.6. The molecule has 33 nitrogen and oxygen atoms in total. The number of likely N-dealkylation sites (tertiary alicyclic amines) is 7. The van der Waals surface area contributed by atoms with Gasteiger partial charge in [-0.15, -0.1) is 0 Å². The average Bonchev–Trinajstić information content (AvgIpc) is 1.64. The molecule has 0 radical (unpaired) electrons. The van der Waals surface area contributed by atoms with Crippen molar-refractivity contribution in [3.05, 3.63) is 0 Å². The summed E-state index contributed by atoms with van der Waals surface area (Å²) in [6.45, 7) is 58.4. The highest BCUT2D eigenvalue weighted by Crippen LogP contribution is 2.48. The molecule has 18 atom stereocenters. The van der Waals surface area contributed by atoms with Crippen molar-refractivity contribution in [3.8, 4) is 0 Å². The lowest BCUT2D eigenvalue weighted by Gasteiger charge is -2.40. The van der Waals surface area contributed by atoms with Gasteiger partial charge in [-0.25, -0.2) is 0 Å². The highest BCUT2D eigenvalue weighted by molar-refractivity contribution is 5.88. The summed E-state index contributed by atoms with van der Waals surface area (Å²) in [6, 6.07) is 2.64. The van der Waals surface area contributed by atoms with Gasteiger partial charge in [0.1, 0.15) is 22.4 Å². The Morgan fingerprint density at radius 3 is 0.652 bits per heavy atom. The van der Waals surface area contributed by atoms with E-state index in [4.69, 9.17) is 67.5 Å². The number of hydrogen-bond acceptors (Lipinski definition) is 33. The highest BCUT2D eigenvalue weighted by atomic mass is 16.7. The molecule has 0 aromatic carbocycles. The Balaban J connectivity index is 0.000000137. The second-order valence-electron chi connectivity index (χ2n) is 48.6. The molecule has 21 heterocycles. The zero-order valence-corrected chi connectivity index (χ0v) is 93.1. The number of rotatable bonds is 0. The SMILES string of the molecule is CC.CC1=NOC2(C1)CC(C)N(C)C2.CC1=NOC2(C1)CC(C)N(C)C2.CC1=NOC2(CCC(C)C2)C1.CC1=NOC2(CCC(C)C2)C1.CC1=NOC2(CCC(C)N(C)C2)C1.CC1=NOC2(CCC(C)N(C)C2)C1.CC1=NOC2(CCCCC2)C1.CC1=NOC2(CCN(C)C2)C1.CC1=NOC2(CCN(C)C2)C1.CC1=NOC2(CCN(C)CC2)C1.CC1=NOC2(COC(C)C2)C1.CC1=NOC2(COC(C)C2)C1. The summed E-state index contributed by atoms with van der Waals surface area (Å²) in [6.07, 6.45) is 40.3. The van der Waals surface area contributed by atoms with Gasteiger partial charge in [0, 0.05) is 218 Å². The summed E-state index contributed by atoms with van der Waals surface area (Å²) in [7, 11) is 15.1. The number of nitrogens with zero attached hydrogens (tertiary/aromatic N) is 19. The third-order valence-electron chi connectivity index (χ3n) is 33.1. The Bertz CT molecular complexity index is 3970. The first kappa shape index (κ1) is 113. The van der Waals surface area contributed by atoms with Gasteiger partial charge in [0.05, 0.1) is 94.0 Å². The van der Waals surface area contributed by atoms with Crippen LogP contribution in [0.1, 0.15) is 377 Å². The molecule has 3 saturated carbocycles. The molecule has 12 spiro atoms. The molecule has 12 fully saturated rings. The molecular formula is C108H189N19O14. The molecule has 24 aliphatic rings. The molecule has 0 amide bonds. The molecule has 33 heteroatoms. The average molecular weight is 1980 g/mol. The van der Waals surface area contributed by atoms with Crippen molar-refractivity contribution in [1.29, 1.82) is 0 Å². The van der Waals surface area contributed by atoms with Crippen LogP contribution in [0.5, 0.6) is 0 Å². The smallest absolute Gasteiger partial charge is 0.168 e. The first-order valence-corrected chi connectivity index (χ1v) is 54.4. The van der Waals surface area contributed by atoms with Crippen LogP contribution in [0.3, 0.4) is 0 Å². The molecule has 21 aliphatic heterocycles. The summed E-state index contributed by atoms with van der Waals surface area (Å²) in [5.41, 5.74) is 14.2. The van der Waals surface area contributed by atoms with Gasteiger partial charge < -0.3 is 82.2 Å². The zero-order valence-electron chi connectivity index (χ0n) is 93.1. The van der Waals surface area contributed by atoms with E-state index in [1.54, 1.807) is 0 Å². The van der Waals surface area contributed by atoms with E-state index in [0.29, 0.717) is 49.6 Å². The van der Waals surface area contributed by atoms with E-state index in [9.17, 15) is 0 Å². The first-order chi connectivity index (χ1) is 66.7. The standard InChI is InChI=1S/2C10H18N2O.3C9H16N2O.3C9H15NO.2C8H14N2O.2C8H13NO2.C2H6/c2*1-8-6-10(13-11-8)5-4-9(2)12(3)7-10;2*1-7-4-9(12-10-7)5-8(2)11(3)6-9;1-8-7-9(12-10-8)3-5-11(2)6-4-9;2*1-7-3-4-9(5-7)6-8(2)10-11-9;1-8-7-9(11-10-8)5-3-2-4-6-9;2*1-7-5-8(11-9-7)3-4-10(2)6-8;2*1-6-3-8(11-9-6)4-7(2)10-5-8;1-2/h2*9H,4-7H2,1-3H3;2*8H,4-6H2,1-3H3;3-7H2,1-2H3;2*7H,3-6H2,1-2H3;2-7H2,1H3;2*3-6H2,1-2H3;2*7H,3-5H2,1-2H3;1-2H3. The van der Waals surface area contributed by atoms with E-state index >= 15 is 0 Å². The van der Waals surface area contributed by atoms with Gasteiger partial charge in [0.15, 0.2) is 44.8 Å². The Hall–Kier alpha value is -6.72. The molecule has 800 valence electrons.